The fraction of sp³-hybridized carbons (Fsp3) is 0.467. The van der Waals surface area contributed by atoms with Gasteiger partial charge in [-0.05, 0) is 25.0 Å². The molecule has 0 amide bonds. The van der Waals surface area contributed by atoms with Crippen LogP contribution in [0.5, 0.6) is 0 Å². The van der Waals surface area contributed by atoms with Crippen LogP contribution >= 0.6 is 47.2 Å². The molecule has 9 heteroatoms. The van der Waals surface area contributed by atoms with Crippen molar-refractivity contribution in [1.82, 2.24) is 25.0 Å². The van der Waals surface area contributed by atoms with Crippen LogP contribution in [0.1, 0.15) is 18.2 Å². The summed E-state index contributed by atoms with van der Waals surface area (Å²) in [4.78, 5) is 4.57. The first-order chi connectivity index (χ1) is 11.0. The molecule has 2 N–H and O–H groups in total. The van der Waals surface area contributed by atoms with Crippen molar-refractivity contribution >= 4 is 53.1 Å². The van der Waals surface area contributed by atoms with Crippen molar-refractivity contribution in [1.29, 1.82) is 0 Å². The fourth-order valence-electron chi connectivity index (χ4n) is 2.17. The van der Waals surface area contributed by atoms with Gasteiger partial charge in [0.15, 0.2) is 5.96 Å². The minimum Gasteiger partial charge on any atom is -0.357 e. The third-order valence-electron chi connectivity index (χ3n) is 3.42. The van der Waals surface area contributed by atoms with Gasteiger partial charge in [0.05, 0.1) is 17.8 Å². The zero-order valence-corrected chi connectivity index (χ0v) is 17.9. The molecule has 2 aromatic heterocycles. The van der Waals surface area contributed by atoms with Gasteiger partial charge in [0.2, 0.25) is 0 Å². The highest BCUT2D eigenvalue weighted by Crippen LogP contribution is 2.25. The van der Waals surface area contributed by atoms with Crippen LogP contribution in [0.2, 0.25) is 10.2 Å². The van der Waals surface area contributed by atoms with Crippen LogP contribution in [0, 0.1) is 0 Å². The van der Waals surface area contributed by atoms with Crippen LogP contribution in [0.15, 0.2) is 23.5 Å². The SMILES string of the molecule is CCNC(=NCc1cc(Cl)c(Cl)n1C)NCCc1cnn(C)c1.I. The second-order valence-corrected chi connectivity index (χ2v) is 5.99. The lowest BCUT2D eigenvalue weighted by molar-refractivity contribution is 0.764. The summed E-state index contributed by atoms with van der Waals surface area (Å²) in [5.74, 6) is 0.768. The first-order valence-electron chi connectivity index (χ1n) is 7.50. The van der Waals surface area contributed by atoms with Gasteiger partial charge < -0.3 is 15.2 Å². The molecule has 0 saturated heterocycles. The molecule has 0 spiro atoms. The summed E-state index contributed by atoms with van der Waals surface area (Å²) in [6.45, 7) is 4.12. The number of nitrogens with one attached hydrogen (secondary N) is 2. The van der Waals surface area contributed by atoms with Crippen LogP contribution in [0.25, 0.3) is 0 Å². The van der Waals surface area contributed by atoms with E-state index in [0.29, 0.717) is 16.7 Å². The van der Waals surface area contributed by atoms with E-state index < -0.39 is 0 Å². The van der Waals surface area contributed by atoms with Crippen LogP contribution in [-0.4, -0.2) is 33.4 Å². The number of aromatic nitrogens is 3. The first kappa shape index (κ1) is 21.1. The first-order valence-corrected chi connectivity index (χ1v) is 8.26. The maximum Gasteiger partial charge on any atom is 0.191 e. The summed E-state index contributed by atoms with van der Waals surface area (Å²) in [7, 11) is 3.79. The van der Waals surface area contributed by atoms with Crippen molar-refractivity contribution in [2.75, 3.05) is 13.1 Å². The van der Waals surface area contributed by atoms with Crippen LogP contribution in [-0.2, 0) is 27.1 Å². The second kappa shape index (κ2) is 10.1. The Labute approximate surface area is 169 Å². The zero-order chi connectivity index (χ0) is 16.8. The standard InChI is InChI=1S/C15H22Cl2N6.HI/c1-4-18-15(19-6-5-11-8-21-22(2)10-11)20-9-12-7-13(16)14(17)23(12)3;/h7-8,10H,4-6,9H2,1-3H3,(H2,18,19,20);1H. The number of hydrogen-bond acceptors (Lipinski definition) is 2. The van der Waals surface area contributed by atoms with Gasteiger partial charge in [-0.1, -0.05) is 23.2 Å². The van der Waals surface area contributed by atoms with Crippen LogP contribution in [0.3, 0.4) is 0 Å². The Hall–Kier alpha value is -0.930. The highest BCUT2D eigenvalue weighted by atomic mass is 127. The lowest BCUT2D eigenvalue weighted by Crippen LogP contribution is -2.38. The summed E-state index contributed by atoms with van der Waals surface area (Å²) in [6, 6.07) is 1.84. The number of hydrogen-bond donors (Lipinski definition) is 2. The van der Waals surface area contributed by atoms with Crippen molar-refractivity contribution in [3.05, 3.63) is 39.9 Å². The molecule has 0 unspecified atom stereocenters. The molecule has 2 rings (SSSR count). The van der Waals surface area contributed by atoms with E-state index in [9.17, 15) is 0 Å². The van der Waals surface area contributed by atoms with E-state index in [1.165, 1.54) is 5.56 Å². The van der Waals surface area contributed by atoms with Crippen molar-refractivity contribution in [2.24, 2.45) is 19.1 Å². The number of rotatable bonds is 6. The van der Waals surface area contributed by atoms with Crippen molar-refractivity contribution in [3.8, 4) is 0 Å². The molecule has 2 aromatic rings. The van der Waals surface area contributed by atoms with Gasteiger partial charge in [0.1, 0.15) is 5.15 Å². The van der Waals surface area contributed by atoms with Crippen LogP contribution < -0.4 is 10.6 Å². The summed E-state index contributed by atoms with van der Waals surface area (Å²) in [5, 5.41) is 11.8. The van der Waals surface area contributed by atoms with Gasteiger partial charge >= 0.3 is 0 Å². The highest BCUT2D eigenvalue weighted by Gasteiger charge is 2.08. The number of aryl methyl sites for hydroxylation is 1. The Balaban J connectivity index is 0.00000288. The number of nitrogens with zero attached hydrogens (tertiary/aromatic N) is 4. The molecule has 0 aromatic carbocycles. The van der Waals surface area contributed by atoms with Gasteiger partial charge in [-0.15, -0.1) is 24.0 Å². The molecule has 0 aliphatic rings. The Morgan fingerprint density at radius 2 is 2.04 bits per heavy atom. The Kier molecular flexibility index (Phi) is 8.93. The summed E-state index contributed by atoms with van der Waals surface area (Å²) in [6.07, 6.45) is 4.78. The van der Waals surface area contributed by atoms with E-state index in [0.717, 1.165) is 31.2 Å². The van der Waals surface area contributed by atoms with Crippen molar-refractivity contribution in [2.45, 2.75) is 19.9 Å². The largest absolute Gasteiger partial charge is 0.357 e. The van der Waals surface area contributed by atoms with E-state index in [-0.39, 0.29) is 24.0 Å². The Morgan fingerprint density at radius 3 is 2.58 bits per heavy atom. The monoisotopic (exact) mass is 484 g/mol. The average Bonchev–Trinajstić information content (AvgIpc) is 3.04. The number of halogens is 3. The molecule has 2 heterocycles. The van der Waals surface area contributed by atoms with E-state index in [1.54, 1.807) is 4.68 Å². The molecule has 0 radical (unpaired) electrons. The molecule has 0 atom stereocenters. The average molecular weight is 485 g/mol. The van der Waals surface area contributed by atoms with Crippen molar-refractivity contribution in [3.63, 3.8) is 0 Å². The summed E-state index contributed by atoms with van der Waals surface area (Å²) in [5.41, 5.74) is 2.15. The molecule has 0 bridgehead atoms. The molecule has 0 aliphatic heterocycles. The van der Waals surface area contributed by atoms with Gasteiger partial charge in [0.25, 0.3) is 0 Å². The highest BCUT2D eigenvalue weighted by molar-refractivity contribution is 14.0. The van der Waals surface area contributed by atoms with E-state index >= 15 is 0 Å². The zero-order valence-electron chi connectivity index (χ0n) is 14.0. The minimum atomic E-state index is 0. The molecule has 0 fully saturated rings. The predicted octanol–water partition coefficient (Wildman–Crippen LogP) is 2.98. The predicted molar refractivity (Wildman–Crippen MR) is 111 cm³/mol. The topological polar surface area (TPSA) is 59.2 Å². The molecule has 6 nitrogen and oxygen atoms in total. The maximum atomic E-state index is 6.07. The molecule has 134 valence electrons. The fourth-order valence-corrected chi connectivity index (χ4v) is 2.58. The smallest absolute Gasteiger partial charge is 0.191 e. The van der Waals surface area contributed by atoms with Gasteiger partial charge in [-0.2, -0.15) is 5.10 Å². The van der Waals surface area contributed by atoms with Gasteiger partial charge in [-0.3, -0.25) is 4.68 Å². The normalized spacial score (nSPS) is 11.3. The van der Waals surface area contributed by atoms with Crippen LogP contribution in [0.4, 0.5) is 0 Å². The second-order valence-electron chi connectivity index (χ2n) is 5.23. The minimum absolute atomic E-state index is 0. The lowest BCUT2D eigenvalue weighted by atomic mass is 10.2. The molecular formula is C15H23Cl2IN6. The molecule has 0 aliphatic carbocycles. The molecule has 0 saturated carbocycles. The van der Waals surface area contributed by atoms with Gasteiger partial charge in [0, 0.05) is 39.1 Å². The lowest BCUT2D eigenvalue weighted by Gasteiger charge is -2.11. The third kappa shape index (κ3) is 5.86. The Morgan fingerprint density at radius 1 is 1.29 bits per heavy atom. The van der Waals surface area contributed by atoms with Crippen molar-refractivity contribution < 1.29 is 0 Å². The summed E-state index contributed by atoms with van der Waals surface area (Å²) >= 11 is 12.1. The third-order valence-corrected chi connectivity index (χ3v) is 4.27. The van der Waals surface area contributed by atoms with E-state index in [4.69, 9.17) is 23.2 Å². The quantitative estimate of drug-likeness (QED) is 0.376. The van der Waals surface area contributed by atoms with Gasteiger partial charge in [-0.25, -0.2) is 4.99 Å². The van der Waals surface area contributed by atoms with E-state index in [2.05, 4.69) is 20.7 Å². The number of guanidine groups is 1. The Bertz CT molecular complexity index is 680. The number of aliphatic imine (C=N–C) groups is 1. The van der Waals surface area contributed by atoms with E-state index in [1.807, 2.05) is 44.0 Å². The maximum absolute atomic E-state index is 6.07. The summed E-state index contributed by atoms with van der Waals surface area (Å²) < 4.78 is 3.64. The molecular weight excluding hydrogens is 462 g/mol. The molecule has 24 heavy (non-hydrogen) atoms.